The maximum atomic E-state index is 11.9. The van der Waals surface area contributed by atoms with Crippen LogP contribution in [0.5, 0.6) is 0 Å². The molecule has 3 heterocycles. The van der Waals surface area contributed by atoms with E-state index in [4.69, 9.17) is 19.4 Å². The molecule has 10 heteroatoms. The van der Waals surface area contributed by atoms with Crippen LogP contribution < -0.4 is 15.5 Å². The fourth-order valence-electron chi connectivity index (χ4n) is 4.04. The van der Waals surface area contributed by atoms with E-state index >= 15 is 0 Å². The molecule has 202 valence electrons. The first-order valence-electron chi connectivity index (χ1n) is 12.8. The second-order valence-corrected chi connectivity index (χ2v) is 11.2. The van der Waals surface area contributed by atoms with Crippen molar-refractivity contribution >= 4 is 46.4 Å². The summed E-state index contributed by atoms with van der Waals surface area (Å²) in [5.74, 6) is 1.56. The van der Waals surface area contributed by atoms with Crippen molar-refractivity contribution < 1.29 is 14.3 Å². The molecule has 1 aliphatic rings. The molecule has 0 saturated carbocycles. The summed E-state index contributed by atoms with van der Waals surface area (Å²) in [6.45, 7) is 11.8. The molecule has 1 amide bonds. The predicted molar refractivity (Wildman–Crippen MR) is 157 cm³/mol. The number of thiazole rings is 1. The van der Waals surface area contributed by atoms with Gasteiger partial charge in [0.05, 0.1) is 24.6 Å². The Morgan fingerprint density at radius 3 is 2.89 bits per heavy atom. The smallest absolute Gasteiger partial charge is 0.411 e. The molecule has 4 rings (SSSR count). The van der Waals surface area contributed by atoms with Gasteiger partial charge in [0, 0.05) is 47.7 Å². The van der Waals surface area contributed by atoms with Gasteiger partial charge in [0.2, 0.25) is 0 Å². The Bertz CT molecular complexity index is 1230. The van der Waals surface area contributed by atoms with E-state index in [-0.39, 0.29) is 6.61 Å². The second-order valence-electron chi connectivity index (χ2n) is 8.89. The number of anilines is 3. The number of amides is 1. The topological polar surface area (TPSA) is 88.6 Å². The van der Waals surface area contributed by atoms with E-state index in [1.165, 1.54) is 11.0 Å². The zero-order valence-corrected chi connectivity index (χ0v) is 23.6. The number of benzene rings is 1. The van der Waals surface area contributed by atoms with E-state index in [2.05, 4.69) is 48.1 Å². The number of thioether (sulfide) groups is 1. The van der Waals surface area contributed by atoms with E-state index < -0.39 is 6.09 Å². The van der Waals surface area contributed by atoms with Crippen LogP contribution in [0.1, 0.15) is 35.2 Å². The van der Waals surface area contributed by atoms with Crippen molar-refractivity contribution in [1.82, 2.24) is 9.97 Å². The Labute approximate surface area is 232 Å². The number of carbonyl (C=O) groups excluding carboxylic acids is 1. The highest BCUT2D eigenvalue weighted by Gasteiger charge is 2.15. The van der Waals surface area contributed by atoms with Gasteiger partial charge in [-0.25, -0.2) is 14.8 Å². The van der Waals surface area contributed by atoms with Crippen LogP contribution in [0.4, 0.5) is 22.0 Å². The molecule has 1 fully saturated rings. The van der Waals surface area contributed by atoms with Gasteiger partial charge in [0.15, 0.2) is 4.34 Å². The number of nitrogens with zero attached hydrogens (tertiary/aromatic N) is 3. The maximum absolute atomic E-state index is 11.9. The molecular formula is C28H35N5O3S2. The lowest BCUT2D eigenvalue weighted by molar-refractivity contribution is 0.122. The van der Waals surface area contributed by atoms with Crippen LogP contribution in [0, 0.1) is 6.92 Å². The Morgan fingerprint density at radius 1 is 1.26 bits per heavy atom. The second kappa shape index (κ2) is 14.2. The lowest BCUT2D eigenvalue weighted by Crippen LogP contribution is -2.36. The molecule has 8 nitrogen and oxygen atoms in total. The largest absolute Gasteiger partial charge is 0.445 e. The molecule has 0 spiro atoms. The Balaban J connectivity index is 1.46. The molecular weight excluding hydrogens is 518 g/mol. The maximum Gasteiger partial charge on any atom is 0.411 e. The zero-order valence-electron chi connectivity index (χ0n) is 22.0. The van der Waals surface area contributed by atoms with Gasteiger partial charge in [-0.3, -0.25) is 5.32 Å². The number of aromatic nitrogens is 2. The van der Waals surface area contributed by atoms with Gasteiger partial charge in [-0.05, 0) is 37.1 Å². The number of ether oxygens (including phenoxy) is 2. The minimum atomic E-state index is -0.505. The van der Waals surface area contributed by atoms with Crippen LogP contribution in [0.3, 0.4) is 0 Å². The van der Waals surface area contributed by atoms with Gasteiger partial charge in [0.1, 0.15) is 12.4 Å². The van der Waals surface area contributed by atoms with Crippen LogP contribution in [0.2, 0.25) is 0 Å². The summed E-state index contributed by atoms with van der Waals surface area (Å²) in [7, 11) is 0. The highest BCUT2D eigenvalue weighted by Crippen LogP contribution is 2.31. The first-order chi connectivity index (χ1) is 18.5. The molecule has 1 saturated heterocycles. The van der Waals surface area contributed by atoms with Crippen molar-refractivity contribution in [3.8, 4) is 0 Å². The summed E-state index contributed by atoms with van der Waals surface area (Å²) in [4.78, 5) is 25.3. The Morgan fingerprint density at radius 2 is 2.11 bits per heavy atom. The lowest BCUT2D eigenvalue weighted by atomic mass is 10.2. The molecule has 1 aromatic carbocycles. The normalized spacial score (nSPS) is 13.3. The number of hydrogen-bond donors (Lipinski definition) is 2. The van der Waals surface area contributed by atoms with Gasteiger partial charge in [-0.15, -0.1) is 11.3 Å². The number of hydrogen-bond acceptors (Lipinski definition) is 9. The molecule has 0 atom stereocenters. The van der Waals surface area contributed by atoms with Gasteiger partial charge in [-0.1, -0.05) is 49.9 Å². The zero-order chi connectivity index (χ0) is 26.7. The summed E-state index contributed by atoms with van der Waals surface area (Å²) < 4.78 is 11.7. The summed E-state index contributed by atoms with van der Waals surface area (Å²) in [6, 6.07) is 11.9. The number of aryl methyl sites for hydroxylation is 2. The number of pyridine rings is 1. The molecule has 0 aliphatic carbocycles. The van der Waals surface area contributed by atoms with Gasteiger partial charge in [-0.2, -0.15) is 0 Å². The van der Waals surface area contributed by atoms with E-state index in [1.807, 2.05) is 24.3 Å². The summed E-state index contributed by atoms with van der Waals surface area (Å²) >= 11 is 3.54. The first kappa shape index (κ1) is 27.9. The van der Waals surface area contributed by atoms with Crippen molar-refractivity contribution in [3.05, 3.63) is 70.9 Å². The van der Waals surface area contributed by atoms with Crippen LogP contribution >= 0.6 is 23.1 Å². The van der Waals surface area contributed by atoms with Crippen molar-refractivity contribution in [1.29, 1.82) is 0 Å². The van der Waals surface area contributed by atoms with Crippen LogP contribution in [-0.4, -0.2) is 49.0 Å². The van der Waals surface area contributed by atoms with Crippen molar-refractivity contribution in [2.75, 3.05) is 48.4 Å². The number of rotatable bonds is 12. The Kier molecular flexibility index (Phi) is 10.4. The molecule has 2 aromatic heterocycles. The lowest BCUT2D eigenvalue weighted by Gasteiger charge is -2.29. The molecule has 0 bridgehead atoms. The first-order valence-corrected chi connectivity index (χ1v) is 14.6. The van der Waals surface area contributed by atoms with E-state index in [1.54, 1.807) is 23.1 Å². The standard InChI is InChI=1S/C28H35N5O3S2/c1-4-7-25-20(3)30-28(38-25)37-19-23-16-24(33-10-13-35-14-11-33)17-26(31-23)29-18-21-8-6-9-22(15-21)32-27(34)36-12-5-2/h5-6,8-9,15-17H,2,4,7,10-14,18-19H2,1,3H3,(H,29,31)(H,32,34). The van der Waals surface area contributed by atoms with E-state index in [9.17, 15) is 4.79 Å². The van der Waals surface area contributed by atoms with Crippen LogP contribution in [0.15, 0.2) is 53.4 Å². The van der Waals surface area contributed by atoms with E-state index in [0.29, 0.717) is 12.2 Å². The van der Waals surface area contributed by atoms with E-state index in [0.717, 1.165) is 77.7 Å². The average Bonchev–Trinajstić information content (AvgIpc) is 3.29. The number of carbonyl (C=O) groups is 1. The molecule has 2 N–H and O–H groups in total. The predicted octanol–water partition coefficient (Wildman–Crippen LogP) is 6.27. The molecule has 1 aliphatic heterocycles. The van der Waals surface area contributed by atoms with Crippen molar-refractivity contribution in [2.45, 2.75) is 43.3 Å². The van der Waals surface area contributed by atoms with Gasteiger partial charge >= 0.3 is 6.09 Å². The highest BCUT2D eigenvalue weighted by molar-refractivity contribution is 8.00. The minimum Gasteiger partial charge on any atom is -0.445 e. The molecule has 0 unspecified atom stereocenters. The Hall–Kier alpha value is -3.08. The molecule has 3 aromatic rings. The minimum absolute atomic E-state index is 0.168. The number of nitrogens with one attached hydrogen (secondary N) is 2. The van der Waals surface area contributed by atoms with Crippen molar-refractivity contribution in [2.24, 2.45) is 0 Å². The molecule has 38 heavy (non-hydrogen) atoms. The van der Waals surface area contributed by atoms with Gasteiger partial charge in [0.25, 0.3) is 0 Å². The summed E-state index contributed by atoms with van der Waals surface area (Å²) in [6.07, 6.45) is 3.24. The third kappa shape index (κ3) is 8.21. The summed E-state index contributed by atoms with van der Waals surface area (Å²) in [5, 5.41) is 6.22. The molecule has 0 radical (unpaired) electrons. The SMILES string of the molecule is C=CCOC(=O)Nc1cccc(CNc2cc(N3CCOCC3)cc(CSc3nc(C)c(CCC)s3)n2)c1. The monoisotopic (exact) mass is 553 g/mol. The number of morpholine rings is 1. The van der Waals surface area contributed by atoms with Crippen LogP contribution in [0.25, 0.3) is 0 Å². The highest BCUT2D eigenvalue weighted by atomic mass is 32.2. The summed E-state index contributed by atoms with van der Waals surface area (Å²) in [5.41, 5.74) is 4.98. The fraction of sp³-hybridized carbons (Fsp3) is 0.393. The third-order valence-corrected chi connectivity index (χ3v) is 8.31. The van der Waals surface area contributed by atoms with Crippen molar-refractivity contribution in [3.63, 3.8) is 0 Å². The quantitative estimate of drug-likeness (QED) is 0.200. The third-order valence-electron chi connectivity index (χ3n) is 5.91. The van der Waals surface area contributed by atoms with Crippen LogP contribution in [-0.2, 0) is 28.2 Å². The van der Waals surface area contributed by atoms with Gasteiger partial charge < -0.3 is 19.7 Å². The fourth-order valence-corrected chi connectivity index (χ4v) is 6.27. The average molecular weight is 554 g/mol.